The fraction of sp³-hybridized carbons (Fsp3) is 0.0769. The molecular weight excluding hydrogens is 286 g/mol. The minimum atomic E-state index is -3.74. The van der Waals surface area contributed by atoms with Crippen LogP contribution < -0.4 is 4.72 Å². The first-order valence-electron chi connectivity index (χ1n) is 5.50. The second-order valence-corrected chi connectivity index (χ2v) is 5.97. The summed E-state index contributed by atoms with van der Waals surface area (Å²) < 4.78 is 26.9. The van der Waals surface area contributed by atoms with Gasteiger partial charge in [-0.1, -0.05) is 35.9 Å². The number of anilines is 1. The number of aliphatic hydroxyl groups is 1. The second-order valence-electron chi connectivity index (χ2n) is 3.88. The Kier molecular flexibility index (Phi) is 4.09. The Bertz CT molecular complexity index is 686. The van der Waals surface area contributed by atoms with Crippen molar-refractivity contribution in [2.24, 2.45) is 0 Å². The predicted octanol–water partition coefficient (Wildman–Crippen LogP) is 2.63. The molecule has 19 heavy (non-hydrogen) atoms. The van der Waals surface area contributed by atoms with Crippen molar-refractivity contribution in [1.82, 2.24) is 0 Å². The van der Waals surface area contributed by atoms with E-state index in [1.54, 1.807) is 36.4 Å². The molecule has 2 rings (SSSR count). The van der Waals surface area contributed by atoms with Crippen molar-refractivity contribution in [3.05, 3.63) is 59.1 Å². The Morgan fingerprint density at radius 2 is 1.84 bits per heavy atom. The van der Waals surface area contributed by atoms with Gasteiger partial charge in [0.25, 0.3) is 10.0 Å². The first-order chi connectivity index (χ1) is 9.03. The van der Waals surface area contributed by atoms with Gasteiger partial charge in [0.1, 0.15) is 0 Å². The van der Waals surface area contributed by atoms with Crippen molar-refractivity contribution < 1.29 is 13.5 Å². The van der Waals surface area contributed by atoms with Gasteiger partial charge in [-0.2, -0.15) is 0 Å². The number of rotatable bonds is 4. The average Bonchev–Trinajstić information content (AvgIpc) is 2.38. The fourth-order valence-electron chi connectivity index (χ4n) is 1.66. The molecule has 0 atom stereocenters. The van der Waals surface area contributed by atoms with E-state index in [2.05, 4.69) is 4.72 Å². The van der Waals surface area contributed by atoms with Crippen LogP contribution in [0.1, 0.15) is 5.56 Å². The van der Waals surface area contributed by atoms with E-state index in [0.717, 1.165) is 0 Å². The van der Waals surface area contributed by atoms with Gasteiger partial charge in [0.15, 0.2) is 0 Å². The first kappa shape index (κ1) is 13.9. The molecule has 2 N–H and O–H groups in total. The molecule has 0 bridgehead atoms. The molecule has 2 aromatic rings. The van der Waals surface area contributed by atoms with Crippen LogP contribution in [-0.2, 0) is 16.6 Å². The summed E-state index contributed by atoms with van der Waals surface area (Å²) in [7, 11) is -3.74. The van der Waals surface area contributed by atoms with Gasteiger partial charge in [0.05, 0.1) is 17.2 Å². The Hall–Kier alpha value is -1.56. The van der Waals surface area contributed by atoms with Crippen LogP contribution in [0.4, 0.5) is 5.69 Å². The van der Waals surface area contributed by atoms with E-state index in [9.17, 15) is 13.5 Å². The van der Waals surface area contributed by atoms with E-state index in [4.69, 9.17) is 11.6 Å². The molecule has 0 unspecified atom stereocenters. The van der Waals surface area contributed by atoms with Gasteiger partial charge in [-0.25, -0.2) is 8.42 Å². The minimum absolute atomic E-state index is 0.0532. The number of nitrogens with one attached hydrogen (secondary N) is 1. The molecule has 0 amide bonds. The number of sulfonamides is 1. The highest BCUT2D eigenvalue weighted by Crippen LogP contribution is 2.21. The topological polar surface area (TPSA) is 66.4 Å². The molecule has 6 heteroatoms. The summed E-state index contributed by atoms with van der Waals surface area (Å²) in [6.07, 6.45) is 0. The smallest absolute Gasteiger partial charge is 0.262 e. The molecule has 0 heterocycles. The van der Waals surface area contributed by atoms with Crippen LogP contribution in [0.2, 0.25) is 5.02 Å². The molecule has 100 valence electrons. The summed E-state index contributed by atoms with van der Waals surface area (Å²) in [5.41, 5.74) is 0.720. The summed E-state index contributed by atoms with van der Waals surface area (Å²) in [4.78, 5) is 0.0532. The first-order valence-corrected chi connectivity index (χ1v) is 7.36. The van der Waals surface area contributed by atoms with E-state index in [1.165, 1.54) is 12.1 Å². The molecule has 0 spiro atoms. The highest BCUT2D eigenvalue weighted by atomic mass is 35.5. The quantitative estimate of drug-likeness (QED) is 0.911. The predicted molar refractivity (Wildman–Crippen MR) is 74.6 cm³/mol. The molecule has 0 saturated heterocycles. The van der Waals surface area contributed by atoms with Crippen LogP contribution >= 0.6 is 11.6 Å². The molecule has 4 nitrogen and oxygen atoms in total. The van der Waals surface area contributed by atoms with Crippen LogP contribution in [0.3, 0.4) is 0 Å². The molecule has 0 aliphatic heterocycles. The van der Waals surface area contributed by atoms with Crippen LogP contribution in [0.15, 0.2) is 53.4 Å². The number of hydrogen-bond donors (Lipinski definition) is 2. The van der Waals surface area contributed by atoms with E-state index in [0.29, 0.717) is 16.3 Å². The molecular formula is C13H12ClNO3S. The van der Waals surface area contributed by atoms with Crippen molar-refractivity contribution in [3.8, 4) is 0 Å². The molecule has 0 saturated carbocycles. The molecule has 0 fully saturated rings. The Morgan fingerprint density at radius 1 is 1.11 bits per heavy atom. The molecule has 0 radical (unpaired) electrons. The maximum atomic E-state index is 12.2. The third-order valence-corrected chi connectivity index (χ3v) is 4.23. The SMILES string of the molecule is O=S(=O)(Nc1cccc(Cl)c1)c1ccccc1CO. The lowest BCUT2D eigenvalue weighted by Gasteiger charge is -2.11. The third kappa shape index (κ3) is 3.26. The molecule has 2 aromatic carbocycles. The lowest BCUT2D eigenvalue weighted by molar-refractivity contribution is 0.278. The highest BCUT2D eigenvalue weighted by molar-refractivity contribution is 7.92. The van der Waals surface area contributed by atoms with Crippen molar-refractivity contribution in [2.45, 2.75) is 11.5 Å². The maximum absolute atomic E-state index is 12.2. The molecule has 0 aromatic heterocycles. The number of halogens is 1. The van der Waals surface area contributed by atoms with Gasteiger partial charge in [0, 0.05) is 5.02 Å². The summed E-state index contributed by atoms with van der Waals surface area (Å²) in [5.74, 6) is 0. The zero-order valence-corrected chi connectivity index (χ0v) is 11.4. The van der Waals surface area contributed by atoms with E-state index >= 15 is 0 Å². The van der Waals surface area contributed by atoms with Crippen molar-refractivity contribution in [1.29, 1.82) is 0 Å². The van der Waals surface area contributed by atoms with Gasteiger partial charge in [-0.15, -0.1) is 0 Å². The average molecular weight is 298 g/mol. The zero-order chi connectivity index (χ0) is 13.9. The molecule has 0 aliphatic carbocycles. The standard InChI is InChI=1S/C13H12ClNO3S/c14-11-5-3-6-12(8-11)15-19(17,18)13-7-2-1-4-10(13)9-16/h1-8,15-16H,9H2. The van der Waals surface area contributed by atoms with Gasteiger partial charge in [-0.05, 0) is 29.8 Å². The number of benzene rings is 2. The fourth-order valence-corrected chi connectivity index (χ4v) is 3.13. The van der Waals surface area contributed by atoms with Crippen LogP contribution in [0.25, 0.3) is 0 Å². The van der Waals surface area contributed by atoms with Crippen LogP contribution in [-0.4, -0.2) is 13.5 Å². The van der Waals surface area contributed by atoms with Gasteiger partial charge >= 0.3 is 0 Å². The third-order valence-electron chi connectivity index (χ3n) is 2.51. The molecule has 0 aliphatic rings. The lowest BCUT2D eigenvalue weighted by Crippen LogP contribution is -2.15. The van der Waals surface area contributed by atoms with Crippen molar-refractivity contribution in [3.63, 3.8) is 0 Å². The second kappa shape index (κ2) is 5.61. The summed E-state index contributed by atoms with van der Waals surface area (Å²) >= 11 is 5.80. The zero-order valence-electron chi connectivity index (χ0n) is 9.88. The summed E-state index contributed by atoms with van der Waals surface area (Å²) in [6.45, 7) is -0.341. The van der Waals surface area contributed by atoms with Crippen molar-refractivity contribution in [2.75, 3.05) is 4.72 Å². The lowest BCUT2D eigenvalue weighted by atomic mass is 10.2. The number of hydrogen-bond acceptors (Lipinski definition) is 3. The van der Waals surface area contributed by atoms with E-state index in [-0.39, 0.29) is 11.5 Å². The maximum Gasteiger partial charge on any atom is 0.262 e. The van der Waals surface area contributed by atoms with Gasteiger partial charge in [-0.3, -0.25) is 4.72 Å². The monoisotopic (exact) mass is 297 g/mol. The Morgan fingerprint density at radius 3 is 2.53 bits per heavy atom. The minimum Gasteiger partial charge on any atom is -0.392 e. The van der Waals surface area contributed by atoms with E-state index < -0.39 is 10.0 Å². The van der Waals surface area contributed by atoms with Gasteiger partial charge in [0.2, 0.25) is 0 Å². The Balaban J connectivity index is 2.38. The normalized spacial score (nSPS) is 11.3. The summed E-state index contributed by atoms with van der Waals surface area (Å²) in [6, 6.07) is 12.7. The van der Waals surface area contributed by atoms with Crippen LogP contribution in [0.5, 0.6) is 0 Å². The van der Waals surface area contributed by atoms with E-state index in [1.807, 2.05) is 0 Å². The van der Waals surface area contributed by atoms with Crippen molar-refractivity contribution >= 4 is 27.3 Å². The van der Waals surface area contributed by atoms with Gasteiger partial charge < -0.3 is 5.11 Å². The largest absolute Gasteiger partial charge is 0.392 e. The van der Waals surface area contributed by atoms with Crippen LogP contribution in [0, 0.1) is 0 Å². The number of aliphatic hydroxyl groups excluding tert-OH is 1. The highest BCUT2D eigenvalue weighted by Gasteiger charge is 2.17. The Labute approximate surface area is 116 Å². The summed E-state index contributed by atoms with van der Waals surface area (Å²) in [5, 5.41) is 9.62.